The van der Waals surface area contributed by atoms with Gasteiger partial charge in [0.25, 0.3) is 23.6 Å². The quantitative estimate of drug-likeness (QED) is 0.174. The molecule has 1 aliphatic carbocycles. The van der Waals surface area contributed by atoms with Crippen LogP contribution in [-0.2, 0) is 5.41 Å². The van der Waals surface area contributed by atoms with Gasteiger partial charge in [0.15, 0.2) is 0 Å². The molecule has 0 spiro atoms. The molecule has 0 unspecified atom stereocenters. The Bertz CT molecular complexity index is 2280. The third-order valence-corrected chi connectivity index (χ3v) is 10.4. The molecule has 0 aromatic heterocycles. The molecule has 0 saturated heterocycles. The van der Waals surface area contributed by atoms with E-state index in [1.165, 1.54) is 0 Å². The Hall–Kier alpha value is -5.82. The zero-order valence-corrected chi connectivity index (χ0v) is 27.0. The number of carbonyl (C=O) groups is 4. The van der Waals surface area contributed by atoms with Crippen LogP contribution < -0.4 is 9.80 Å². The summed E-state index contributed by atoms with van der Waals surface area (Å²) in [6.07, 6.45) is 0. The van der Waals surface area contributed by atoms with Crippen LogP contribution in [0, 0.1) is 0 Å². The molecule has 8 heteroatoms. The van der Waals surface area contributed by atoms with Crippen molar-refractivity contribution in [2.75, 3.05) is 9.80 Å². The SMILES string of the molecule is O=C1c2cccc(Cl)c2C(=O)N1c1ccc(C2(c3ccc(N4C(=O)c5cccc(Cl)c5C4=O)cc3)c3ccccc3-c3ccccc32)cc1. The molecule has 0 saturated carbocycles. The number of nitrogens with zero attached hydrogens (tertiary/aromatic N) is 2. The van der Waals surface area contributed by atoms with Crippen LogP contribution in [0.4, 0.5) is 11.4 Å². The monoisotopic (exact) mass is 676 g/mol. The van der Waals surface area contributed by atoms with Crippen molar-refractivity contribution in [2.24, 2.45) is 0 Å². The number of carbonyl (C=O) groups excluding carboxylic acids is 4. The fraction of sp³-hybridized carbons (Fsp3) is 0.0244. The summed E-state index contributed by atoms with van der Waals surface area (Å²) >= 11 is 12.7. The van der Waals surface area contributed by atoms with E-state index < -0.39 is 29.0 Å². The van der Waals surface area contributed by atoms with Gasteiger partial charge in [-0.1, -0.05) is 108 Å². The van der Waals surface area contributed by atoms with Crippen LogP contribution in [0.25, 0.3) is 11.1 Å². The summed E-state index contributed by atoms with van der Waals surface area (Å²) in [5.41, 5.74) is 7.09. The van der Waals surface area contributed by atoms with Crippen molar-refractivity contribution in [2.45, 2.75) is 5.41 Å². The minimum atomic E-state index is -0.805. The lowest BCUT2D eigenvalue weighted by molar-refractivity contribution is 0.0910. The van der Waals surface area contributed by atoms with Crippen molar-refractivity contribution in [1.82, 2.24) is 0 Å². The number of imide groups is 2. The molecule has 3 aliphatic rings. The van der Waals surface area contributed by atoms with E-state index in [4.69, 9.17) is 23.2 Å². The molecule has 0 bridgehead atoms. The maximum atomic E-state index is 13.4. The van der Waals surface area contributed by atoms with E-state index in [0.717, 1.165) is 43.2 Å². The van der Waals surface area contributed by atoms with Gasteiger partial charge in [0, 0.05) is 0 Å². The summed E-state index contributed by atoms with van der Waals surface area (Å²) in [7, 11) is 0. The molecule has 6 aromatic carbocycles. The van der Waals surface area contributed by atoms with Crippen LogP contribution in [0.15, 0.2) is 133 Å². The summed E-state index contributed by atoms with van der Waals surface area (Å²) in [6.45, 7) is 0. The van der Waals surface area contributed by atoms with Gasteiger partial charge in [0.05, 0.1) is 49.1 Å². The predicted molar refractivity (Wildman–Crippen MR) is 189 cm³/mol. The lowest BCUT2D eigenvalue weighted by Crippen LogP contribution is -2.31. The van der Waals surface area contributed by atoms with Gasteiger partial charge in [-0.05, 0) is 81.9 Å². The highest BCUT2D eigenvalue weighted by molar-refractivity contribution is 6.43. The number of halogens is 2. The summed E-state index contributed by atoms with van der Waals surface area (Å²) in [5.74, 6) is -1.78. The zero-order chi connectivity index (χ0) is 33.6. The molecule has 6 nitrogen and oxygen atoms in total. The first kappa shape index (κ1) is 29.3. The second-order valence-electron chi connectivity index (χ2n) is 12.2. The summed E-state index contributed by atoms with van der Waals surface area (Å²) < 4.78 is 0. The van der Waals surface area contributed by atoms with Crippen molar-refractivity contribution in [3.8, 4) is 11.1 Å². The number of amides is 4. The molecule has 6 aromatic rings. The summed E-state index contributed by atoms with van der Waals surface area (Å²) in [5, 5.41) is 0.474. The van der Waals surface area contributed by atoms with Gasteiger partial charge in [0.1, 0.15) is 0 Å². The molecule has 0 radical (unpaired) electrons. The highest BCUT2D eigenvalue weighted by Crippen LogP contribution is 2.56. The zero-order valence-electron chi connectivity index (χ0n) is 25.5. The molecule has 0 N–H and O–H groups in total. The van der Waals surface area contributed by atoms with Crippen molar-refractivity contribution in [3.05, 3.63) is 188 Å². The molecule has 9 rings (SSSR count). The molecule has 2 aliphatic heterocycles. The van der Waals surface area contributed by atoms with Crippen molar-refractivity contribution in [3.63, 3.8) is 0 Å². The Morgan fingerprint density at radius 2 is 0.755 bits per heavy atom. The molecule has 0 fully saturated rings. The summed E-state index contributed by atoms with van der Waals surface area (Å²) in [6, 6.07) is 41.1. The minimum Gasteiger partial charge on any atom is -0.268 e. The van der Waals surface area contributed by atoms with E-state index >= 15 is 0 Å². The van der Waals surface area contributed by atoms with Crippen molar-refractivity contribution < 1.29 is 19.2 Å². The normalized spacial score (nSPS) is 15.4. The Balaban J connectivity index is 1.18. The Labute approximate surface area is 290 Å². The number of benzene rings is 6. The Morgan fingerprint density at radius 3 is 1.14 bits per heavy atom. The van der Waals surface area contributed by atoms with Gasteiger partial charge in [-0.3, -0.25) is 19.2 Å². The molecular formula is C41H22Cl2N2O4. The van der Waals surface area contributed by atoms with Crippen LogP contribution in [0.2, 0.25) is 10.0 Å². The van der Waals surface area contributed by atoms with E-state index in [9.17, 15) is 19.2 Å². The smallest absolute Gasteiger partial charge is 0.267 e. The third kappa shape index (κ3) is 3.90. The average Bonchev–Trinajstić information content (AvgIpc) is 3.68. The minimum absolute atomic E-state index is 0.203. The Kier molecular flexibility index (Phi) is 6.34. The first-order valence-electron chi connectivity index (χ1n) is 15.6. The number of rotatable bonds is 4. The largest absolute Gasteiger partial charge is 0.268 e. The van der Waals surface area contributed by atoms with Crippen LogP contribution in [-0.4, -0.2) is 23.6 Å². The second-order valence-corrected chi connectivity index (χ2v) is 13.0. The number of hydrogen-bond donors (Lipinski definition) is 0. The van der Waals surface area contributed by atoms with Crippen LogP contribution in [0.3, 0.4) is 0 Å². The second kappa shape index (κ2) is 10.6. The topological polar surface area (TPSA) is 74.8 Å². The van der Waals surface area contributed by atoms with Gasteiger partial charge in [-0.2, -0.15) is 0 Å². The molecule has 2 heterocycles. The van der Waals surface area contributed by atoms with E-state index in [0.29, 0.717) is 11.4 Å². The van der Waals surface area contributed by atoms with Gasteiger partial charge >= 0.3 is 0 Å². The Morgan fingerprint density at radius 1 is 0.388 bits per heavy atom. The third-order valence-electron chi connectivity index (χ3n) is 9.80. The molecule has 4 amide bonds. The highest BCUT2D eigenvalue weighted by Gasteiger charge is 2.47. The first-order valence-corrected chi connectivity index (χ1v) is 16.3. The van der Waals surface area contributed by atoms with E-state index in [-0.39, 0.29) is 32.3 Å². The van der Waals surface area contributed by atoms with E-state index in [1.807, 2.05) is 48.5 Å². The maximum Gasteiger partial charge on any atom is 0.267 e. The van der Waals surface area contributed by atoms with E-state index in [2.05, 4.69) is 24.3 Å². The molecule has 234 valence electrons. The standard InChI is InChI=1S/C41H22Cl2N2O4/c42-33-13-5-9-29-35(33)39(48)44(37(29)46)25-19-15-23(16-20-25)41(31-11-3-1-7-27(31)28-8-2-4-12-32(28)41)24-17-21-26(22-18-24)45-38(47)30-10-6-14-34(43)36(30)40(45)49/h1-22H. The van der Waals surface area contributed by atoms with Crippen LogP contribution in [0.1, 0.15) is 63.7 Å². The van der Waals surface area contributed by atoms with Crippen LogP contribution >= 0.6 is 23.2 Å². The predicted octanol–water partition coefficient (Wildman–Crippen LogP) is 8.96. The number of anilines is 2. The lowest BCUT2D eigenvalue weighted by Gasteiger charge is -2.34. The first-order chi connectivity index (χ1) is 23.8. The highest BCUT2D eigenvalue weighted by atomic mass is 35.5. The van der Waals surface area contributed by atoms with Crippen LogP contribution in [0.5, 0.6) is 0 Å². The van der Waals surface area contributed by atoms with Crippen molar-refractivity contribution >= 4 is 58.2 Å². The number of fused-ring (bicyclic) bond motifs is 5. The molecule has 0 atom stereocenters. The fourth-order valence-electron chi connectivity index (χ4n) is 7.70. The van der Waals surface area contributed by atoms with Gasteiger partial charge in [0.2, 0.25) is 0 Å². The van der Waals surface area contributed by atoms with Gasteiger partial charge in [-0.15, -0.1) is 0 Å². The average molecular weight is 678 g/mol. The molecule has 49 heavy (non-hydrogen) atoms. The maximum absolute atomic E-state index is 13.4. The lowest BCUT2D eigenvalue weighted by atomic mass is 9.67. The van der Waals surface area contributed by atoms with E-state index in [1.54, 1.807) is 60.7 Å². The fourth-order valence-corrected chi connectivity index (χ4v) is 8.21. The van der Waals surface area contributed by atoms with Gasteiger partial charge in [-0.25, -0.2) is 9.80 Å². The van der Waals surface area contributed by atoms with Crippen molar-refractivity contribution in [1.29, 1.82) is 0 Å². The number of hydrogen-bond acceptors (Lipinski definition) is 4. The van der Waals surface area contributed by atoms with Gasteiger partial charge < -0.3 is 0 Å². The molecular weight excluding hydrogens is 655 g/mol. The summed E-state index contributed by atoms with van der Waals surface area (Å²) in [4.78, 5) is 55.9.